The van der Waals surface area contributed by atoms with Crippen molar-refractivity contribution in [3.05, 3.63) is 60.7 Å². The zero-order valence-corrected chi connectivity index (χ0v) is 31.0. The van der Waals surface area contributed by atoms with Crippen LogP contribution < -0.4 is 16.0 Å². The van der Waals surface area contributed by atoms with Crippen LogP contribution in [0.3, 0.4) is 0 Å². The molecule has 0 radical (unpaired) electrons. The van der Waals surface area contributed by atoms with Crippen LogP contribution >= 0.6 is 0 Å². The van der Waals surface area contributed by atoms with E-state index in [1.807, 2.05) is 65.0 Å². The summed E-state index contributed by atoms with van der Waals surface area (Å²) >= 11 is 0. The number of hydrogen-bond acceptors (Lipinski definition) is 6. The highest BCUT2D eigenvalue weighted by Crippen LogP contribution is 2.29. The van der Waals surface area contributed by atoms with Gasteiger partial charge in [-0.3, -0.25) is 19.2 Å². The van der Waals surface area contributed by atoms with Crippen molar-refractivity contribution in [1.29, 1.82) is 0 Å². The highest BCUT2D eigenvalue weighted by molar-refractivity contribution is 5.94. The van der Waals surface area contributed by atoms with Gasteiger partial charge in [0.25, 0.3) is 0 Å². The molecule has 1 saturated carbocycles. The van der Waals surface area contributed by atoms with Crippen molar-refractivity contribution in [2.75, 3.05) is 20.3 Å². The summed E-state index contributed by atoms with van der Waals surface area (Å²) in [5.74, 6) is -0.497. The Bertz CT molecular complexity index is 1410. The number of nitrogens with zero attached hydrogens (tertiary/aromatic N) is 1. The fourth-order valence-electron chi connectivity index (χ4n) is 5.77. The van der Waals surface area contributed by atoms with Gasteiger partial charge in [-0.05, 0) is 73.6 Å². The third kappa shape index (κ3) is 13.3. The molecule has 1 aliphatic carbocycles. The van der Waals surface area contributed by atoms with Crippen molar-refractivity contribution in [1.82, 2.24) is 20.9 Å². The van der Waals surface area contributed by atoms with Crippen LogP contribution in [-0.4, -0.2) is 78.6 Å². The van der Waals surface area contributed by atoms with E-state index in [-0.39, 0.29) is 23.8 Å². The Hall–Kier alpha value is -4.18. The van der Waals surface area contributed by atoms with E-state index in [9.17, 15) is 24.3 Å². The SMILES string of the molecule is C=CCC(NC(=O)C1CCCN1C(=O)[C@@H](NC=O)C(C)(C)C)C(=O)NC1CC1.CC.COCCCCC/C=C/c1c(O)ccc2ccccc12. The summed E-state index contributed by atoms with van der Waals surface area (Å²) < 4.78 is 5.03. The molecule has 0 spiro atoms. The molecule has 2 aromatic rings. The van der Waals surface area contributed by atoms with Gasteiger partial charge >= 0.3 is 0 Å². The number of hydrogen-bond donors (Lipinski definition) is 4. The fourth-order valence-corrected chi connectivity index (χ4v) is 5.77. The molecule has 4 amide bonds. The van der Waals surface area contributed by atoms with E-state index in [0.29, 0.717) is 38.0 Å². The minimum atomic E-state index is -0.722. The number of unbranched alkanes of at least 4 members (excludes halogenated alkanes) is 3. The maximum absolute atomic E-state index is 13.0. The molecule has 0 aromatic heterocycles. The average Bonchev–Trinajstić information content (AvgIpc) is 3.78. The minimum Gasteiger partial charge on any atom is -0.507 e. The number of rotatable bonds is 16. The first-order chi connectivity index (χ1) is 24.0. The van der Waals surface area contributed by atoms with Gasteiger partial charge in [0.15, 0.2) is 0 Å². The number of carbonyl (C=O) groups excluding carboxylic acids is 4. The molecule has 2 unspecified atom stereocenters. The van der Waals surface area contributed by atoms with Gasteiger partial charge in [0.05, 0.1) is 0 Å². The Morgan fingerprint density at radius 3 is 2.42 bits per heavy atom. The number of fused-ring (bicyclic) bond motifs is 1. The number of methoxy groups -OCH3 is 1. The Morgan fingerprint density at radius 1 is 1.06 bits per heavy atom. The minimum absolute atomic E-state index is 0.197. The largest absolute Gasteiger partial charge is 0.507 e. The number of phenols is 1. The number of amides is 4. The van der Waals surface area contributed by atoms with Gasteiger partial charge in [0, 0.05) is 31.9 Å². The molecule has 1 heterocycles. The molecule has 10 nitrogen and oxygen atoms in total. The molecule has 4 rings (SSSR count). The van der Waals surface area contributed by atoms with Crippen molar-refractivity contribution in [2.24, 2.45) is 5.41 Å². The van der Waals surface area contributed by atoms with E-state index in [2.05, 4.69) is 34.7 Å². The Morgan fingerprint density at radius 2 is 1.78 bits per heavy atom. The van der Waals surface area contributed by atoms with Crippen LogP contribution in [0.4, 0.5) is 0 Å². The number of likely N-dealkylation sites (tertiary alicyclic amines) is 1. The summed E-state index contributed by atoms with van der Waals surface area (Å²) in [4.78, 5) is 50.8. The van der Waals surface area contributed by atoms with Crippen LogP contribution in [0, 0.1) is 5.41 Å². The molecule has 3 atom stereocenters. The first kappa shape index (κ1) is 42.0. The van der Waals surface area contributed by atoms with Crippen LogP contribution in [-0.2, 0) is 23.9 Å². The predicted molar refractivity (Wildman–Crippen MR) is 201 cm³/mol. The molecule has 10 heteroatoms. The summed E-state index contributed by atoms with van der Waals surface area (Å²) in [5, 5.41) is 20.5. The number of carbonyl (C=O) groups is 4. The normalized spacial score (nSPS) is 16.7. The fraction of sp³-hybridized carbons (Fsp3) is 0.550. The van der Waals surface area contributed by atoms with Crippen LogP contribution in [0.15, 0.2) is 55.1 Å². The third-order valence-electron chi connectivity index (χ3n) is 8.60. The average molecular weight is 693 g/mol. The molecular formula is C40H60N4O6. The van der Waals surface area contributed by atoms with Crippen LogP contribution in [0.5, 0.6) is 5.75 Å². The second-order valence-electron chi connectivity index (χ2n) is 13.6. The van der Waals surface area contributed by atoms with Gasteiger partial charge in [-0.2, -0.15) is 0 Å². The highest BCUT2D eigenvalue weighted by atomic mass is 16.5. The number of phenolic OH excluding ortho intramolecular Hbond substituents is 1. The Labute approximate surface area is 299 Å². The number of allylic oxidation sites excluding steroid dienone is 1. The van der Waals surface area contributed by atoms with Crippen molar-refractivity contribution in [3.8, 4) is 5.75 Å². The Balaban J connectivity index is 0.000000347. The molecule has 2 fully saturated rings. The van der Waals surface area contributed by atoms with Gasteiger partial charge in [-0.15, -0.1) is 6.58 Å². The summed E-state index contributed by atoms with van der Waals surface area (Å²) in [7, 11) is 1.74. The van der Waals surface area contributed by atoms with Crippen molar-refractivity contribution in [2.45, 2.75) is 117 Å². The molecule has 50 heavy (non-hydrogen) atoms. The zero-order valence-electron chi connectivity index (χ0n) is 31.0. The lowest BCUT2D eigenvalue weighted by atomic mass is 9.85. The van der Waals surface area contributed by atoms with E-state index in [4.69, 9.17) is 4.74 Å². The van der Waals surface area contributed by atoms with E-state index in [0.717, 1.165) is 55.0 Å². The van der Waals surface area contributed by atoms with E-state index >= 15 is 0 Å². The lowest BCUT2D eigenvalue weighted by Gasteiger charge is -2.34. The lowest BCUT2D eigenvalue weighted by molar-refractivity contribution is -0.143. The van der Waals surface area contributed by atoms with Gasteiger partial charge in [-0.1, -0.05) is 89.6 Å². The highest BCUT2D eigenvalue weighted by Gasteiger charge is 2.41. The van der Waals surface area contributed by atoms with Crippen molar-refractivity contribution < 1.29 is 29.0 Å². The second kappa shape index (κ2) is 21.8. The molecule has 276 valence electrons. The molecule has 4 N–H and O–H groups in total. The van der Waals surface area contributed by atoms with Crippen molar-refractivity contribution in [3.63, 3.8) is 0 Å². The smallest absolute Gasteiger partial charge is 0.246 e. The zero-order chi connectivity index (χ0) is 37.1. The van der Waals surface area contributed by atoms with Gasteiger partial charge in [-0.25, -0.2) is 0 Å². The van der Waals surface area contributed by atoms with E-state index in [1.54, 1.807) is 19.3 Å². The first-order valence-electron chi connectivity index (χ1n) is 18.1. The first-order valence-corrected chi connectivity index (χ1v) is 18.1. The molecular weight excluding hydrogens is 632 g/mol. The molecule has 1 aliphatic heterocycles. The molecule has 2 aliphatic rings. The summed E-state index contributed by atoms with van der Waals surface area (Å²) in [6, 6.07) is 9.98. The second-order valence-corrected chi connectivity index (χ2v) is 13.6. The monoisotopic (exact) mass is 692 g/mol. The van der Waals surface area contributed by atoms with E-state index < -0.39 is 23.5 Å². The van der Waals surface area contributed by atoms with Gasteiger partial charge in [0.1, 0.15) is 23.9 Å². The molecule has 2 aromatic carbocycles. The summed E-state index contributed by atoms with van der Waals surface area (Å²) in [5.41, 5.74) is 0.428. The molecule has 1 saturated heterocycles. The molecule has 0 bridgehead atoms. The van der Waals surface area contributed by atoms with Crippen LogP contribution in [0.1, 0.15) is 98.0 Å². The van der Waals surface area contributed by atoms with Gasteiger partial charge in [0.2, 0.25) is 24.1 Å². The quantitative estimate of drug-likeness (QED) is 0.0931. The van der Waals surface area contributed by atoms with E-state index in [1.165, 1.54) is 11.3 Å². The number of ether oxygens (including phenoxy) is 1. The van der Waals surface area contributed by atoms with Gasteiger partial charge < -0.3 is 30.7 Å². The number of aromatic hydroxyl groups is 1. The maximum Gasteiger partial charge on any atom is 0.246 e. The Kier molecular flexibility index (Phi) is 18.3. The summed E-state index contributed by atoms with van der Waals surface area (Å²) in [6.07, 6.45) is 14.3. The maximum atomic E-state index is 13.0. The predicted octanol–water partition coefficient (Wildman–Crippen LogP) is 6.27. The third-order valence-corrected chi connectivity index (χ3v) is 8.60. The van der Waals surface area contributed by atoms with Crippen LogP contribution in [0.2, 0.25) is 0 Å². The van der Waals surface area contributed by atoms with Crippen LogP contribution in [0.25, 0.3) is 16.8 Å². The topological polar surface area (TPSA) is 137 Å². The lowest BCUT2D eigenvalue weighted by Crippen LogP contribution is -2.58. The standard InChI is InChI=1S/C20H32N4O4.C18H22O2.C2H6/c1-5-7-14(17(26)22-13-9-10-13)23-18(27)15-8-6-11-24(15)19(28)16(21-12-25)20(2,3)4;1-20-14-8-4-2-3-5-11-17-16-10-7-6-9-15(16)12-13-18(17)19;1-2/h5,12-16H,1,6-11H2,2-4H3,(H,21,25)(H,22,26)(H,23,27);5-7,9-13,19H,2-4,8,14H2,1H3;1-2H3/b;11-5+;/t14?,15?,16-;;/m1../s1. The number of benzene rings is 2. The summed E-state index contributed by atoms with van der Waals surface area (Å²) in [6.45, 7) is 14.5. The van der Waals surface area contributed by atoms with Crippen molar-refractivity contribution >= 4 is 41.0 Å². The number of nitrogens with one attached hydrogen (secondary N) is 3.